The van der Waals surface area contributed by atoms with Gasteiger partial charge in [0, 0.05) is 70.8 Å². The van der Waals surface area contributed by atoms with Crippen molar-refractivity contribution >= 4 is 88.0 Å². The van der Waals surface area contributed by atoms with Crippen molar-refractivity contribution in [2.75, 3.05) is 4.81 Å². The molecule has 1 aliphatic carbocycles. The van der Waals surface area contributed by atoms with Crippen molar-refractivity contribution in [1.82, 2.24) is 4.57 Å². The van der Waals surface area contributed by atoms with Crippen molar-refractivity contribution in [3.63, 3.8) is 0 Å². The minimum absolute atomic E-state index is 0.0411. The Bertz CT molecular complexity index is 3450. The molecule has 0 spiro atoms. The van der Waals surface area contributed by atoms with Gasteiger partial charge in [0.2, 0.25) is 0 Å². The summed E-state index contributed by atoms with van der Waals surface area (Å²) in [5.41, 5.74) is 19.2. The van der Waals surface area contributed by atoms with Gasteiger partial charge in [-0.05, 0) is 110 Å². The third kappa shape index (κ3) is 4.83. The Morgan fingerprint density at radius 3 is 2.15 bits per heavy atom. The molecule has 302 valence electrons. The van der Waals surface area contributed by atoms with Gasteiger partial charge in [0.05, 0.1) is 11.0 Å². The third-order valence-corrected chi connectivity index (χ3v) is 16.3. The van der Waals surface area contributed by atoms with Crippen LogP contribution in [-0.4, -0.2) is 11.4 Å². The second-order valence-electron chi connectivity index (χ2n) is 20.8. The molecule has 1 atom stereocenters. The van der Waals surface area contributed by atoms with Crippen LogP contribution < -0.4 is 20.5 Å². The largest absolute Gasteiger partial charge is 0.480 e. The Morgan fingerprint density at radius 1 is 0.661 bits per heavy atom. The molecule has 4 aliphatic rings. The van der Waals surface area contributed by atoms with Gasteiger partial charge in [0.15, 0.2) is 0 Å². The van der Waals surface area contributed by atoms with Crippen molar-refractivity contribution in [3.8, 4) is 22.6 Å². The lowest BCUT2D eigenvalue weighted by atomic mass is 9.43. The zero-order valence-electron chi connectivity index (χ0n) is 36.6. The minimum atomic E-state index is -0.238. The molecule has 7 aromatic carbocycles. The standard InChI is InChI=1S/C57H49BN2OS/c1-32-39-28-45-48(30-49(39)61-54(32)33-14-10-9-11-15-33)59-46-31-51-42(36-16-12-13-17-50(36)62-51)26-40(46)38-23-22-37-41-27-43-44(57(7,8)25-24-56(43,5)6)29-47(41)60(58(45)52(37)53(38)59)35-20-18-34(19-21-35)55(2,3)4/h9-23,26-31,54H,1,24-25H2,2-8H3. The van der Waals surface area contributed by atoms with E-state index in [1.54, 1.807) is 0 Å². The molecule has 2 aromatic heterocycles. The SMILES string of the molecule is C=C1c2cc3c(cc2OC1c1ccccc1)-n1c2cc4sc5ccccc5c4cc2c2ccc4c(c21)B3N(c1ccc(C(C)(C)C)cc1)c1cc2c(cc1-4)C(C)(C)CCC2(C)C. The molecule has 0 saturated heterocycles. The summed E-state index contributed by atoms with van der Waals surface area (Å²) in [7, 11) is 0. The average Bonchev–Trinajstić information content (AvgIpc) is 3.91. The molecular formula is C57H49BN2OS. The Kier molecular flexibility index (Phi) is 7.15. The number of aromatic nitrogens is 1. The lowest BCUT2D eigenvalue weighted by Gasteiger charge is -2.46. The summed E-state index contributed by atoms with van der Waals surface area (Å²) < 4.78 is 12.2. The number of thiophene rings is 1. The molecule has 13 rings (SSSR count). The van der Waals surface area contributed by atoms with E-state index in [0.29, 0.717) is 0 Å². The molecule has 0 N–H and O–H groups in total. The highest BCUT2D eigenvalue weighted by molar-refractivity contribution is 7.25. The molecule has 5 heterocycles. The molecular weight excluding hydrogens is 772 g/mol. The summed E-state index contributed by atoms with van der Waals surface area (Å²) in [6.07, 6.45) is 2.10. The third-order valence-electron chi connectivity index (χ3n) is 15.2. The Morgan fingerprint density at radius 2 is 1.39 bits per heavy atom. The van der Waals surface area contributed by atoms with Gasteiger partial charge in [-0.2, -0.15) is 0 Å². The molecule has 0 amide bonds. The summed E-state index contributed by atoms with van der Waals surface area (Å²) in [5, 5.41) is 5.24. The highest BCUT2D eigenvalue weighted by Crippen LogP contribution is 2.54. The molecule has 3 nitrogen and oxygen atoms in total. The van der Waals surface area contributed by atoms with Crippen LogP contribution >= 0.6 is 11.3 Å². The lowest BCUT2D eigenvalue weighted by Crippen LogP contribution is -2.60. The first kappa shape index (κ1) is 36.6. The van der Waals surface area contributed by atoms with E-state index in [0.717, 1.165) is 22.4 Å². The van der Waals surface area contributed by atoms with Gasteiger partial charge in [-0.15, -0.1) is 11.3 Å². The summed E-state index contributed by atoms with van der Waals surface area (Å²) >= 11 is 1.89. The summed E-state index contributed by atoms with van der Waals surface area (Å²) in [4.78, 5) is 2.70. The summed E-state index contributed by atoms with van der Waals surface area (Å²) in [5.74, 6) is 0.899. The molecule has 0 saturated carbocycles. The second kappa shape index (κ2) is 12.1. The van der Waals surface area contributed by atoms with Crippen LogP contribution in [0.2, 0.25) is 0 Å². The van der Waals surface area contributed by atoms with Gasteiger partial charge in [-0.3, -0.25) is 0 Å². The summed E-state index contributed by atoms with van der Waals surface area (Å²) in [6, 6.07) is 48.8. The fourth-order valence-electron chi connectivity index (χ4n) is 11.7. The maximum Gasteiger partial charge on any atom is 0.333 e. The number of nitrogens with zero attached hydrogens (tertiary/aromatic N) is 2. The zero-order chi connectivity index (χ0) is 42.2. The normalized spacial score (nSPS) is 18.0. The van der Waals surface area contributed by atoms with Crippen LogP contribution in [-0.2, 0) is 16.2 Å². The number of anilines is 2. The van der Waals surface area contributed by atoms with Crippen LogP contribution in [0.25, 0.3) is 64.4 Å². The molecule has 5 heteroatoms. The van der Waals surface area contributed by atoms with Crippen LogP contribution in [0.1, 0.15) is 95.2 Å². The first-order valence-electron chi connectivity index (χ1n) is 22.4. The van der Waals surface area contributed by atoms with Crippen molar-refractivity contribution < 1.29 is 4.74 Å². The van der Waals surface area contributed by atoms with Gasteiger partial charge in [0.1, 0.15) is 11.9 Å². The molecule has 9 aromatic rings. The van der Waals surface area contributed by atoms with E-state index < -0.39 is 0 Å². The van der Waals surface area contributed by atoms with E-state index in [1.165, 1.54) is 111 Å². The van der Waals surface area contributed by atoms with E-state index in [-0.39, 0.29) is 29.2 Å². The zero-order valence-corrected chi connectivity index (χ0v) is 37.4. The Balaban J connectivity index is 1.17. The van der Waals surface area contributed by atoms with Gasteiger partial charge in [-0.1, -0.05) is 134 Å². The number of hydrogen-bond donors (Lipinski definition) is 0. The number of benzene rings is 7. The van der Waals surface area contributed by atoms with Crippen molar-refractivity contribution in [2.45, 2.75) is 83.7 Å². The number of rotatable bonds is 2. The molecule has 1 unspecified atom stereocenters. The number of hydrogen-bond acceptors (Lipinski definition) is 3. The molecule has 0 radical (unpaired) electrons. The van der Waals surface area contributed by atoms with Crippen LogP contribution in [0.15, 0.2) is 134 Å². The highest BCUT2D eigenvalue weighted by Gasteiger charge is 2.47. The minimum Gasteiger partial charge on any atom is -0.480 e. The number of ether oxygens (including phenoxy) is 1. The van der Waals surface area contributed by atoms with Gasteiger partial charge in [-0.25, -0.2) is 0 Å². The first-order chi connectivity index (χ1) is 29.8. The molecule has 62 heavy (non-hydrogen) atoms. The molecule has 0 fully saturated rings. The van der Waals surface area contributed by atoms with Crippen molar-refractivity contribution in [3.05, 3.63) is 162 Å². The van der Waals surface area contributed by atoms with Crippen LogP contribution in [0, 0.1) is 0 Å². The van der Waals surface area contributed by atoms with Crippen molar-refractivity contribution in [1.29, 1.82) is 0 Å². The maximum absolute atomic E-state index is 6.95. The van der Waals surface area contributed by atoms with E-state index in [9.17, 15) is 0 Å². The second-order valence-corrected chi connectivity index (χ2v) is 21.9. The Labute approximate surface area is 368 Å². The van der Waals surface area contributed by atoms with E-state index in [1.807, 2.05) is 11.3 Å². The van der Waals surface area contributed by atoms with Crippen LogP contribution in [0.4, 0.5) is 11.4 Å². The number of fused-ring (bicyclic) bond motifs is 13. The van der Waals surface area contributed by atoms with Crippen molar-refractivity contribution in [2.24, 2.45) is 0 Å². The quantitative estimate of drug-likeness (QED) is 0.162. The Hall–Kier alpha value is -6.04. The topological polar surface area (TPSA) is 17.4 Å². The average molecular weight is 821 g/mol. The van der Waals surface area contributed by atoms with Gasteiger partial charge >= 0.3 is 6.85 Å². The van der Waals surface area contributed by atoms with E-state index in [2.05, 4.69) is 185 Å². The fourth-order valence-corrected chi connectivity index (χ4v) is 12.8. The first-order valence-corrected chi connectivity index (χ1v) is 23.2. The van der Waals surface area contributed by atoms with E-state index >= 15 is 0 Å². The monoisotopic (exact) mass is 820 g/mol. The van der Waals surface area contributed by atoms with Crippen LogP contribution in [0.5, 0.6) is 5.75 Å². The predicted octanol–water partition coefficient (Wildman–Crippen LogP) is 14.2. The summed E-state index contributed by atoms with van der Waals surface area (Å²) in [6.45, 7) is 21.4. The molecule has 0 bridgehead atoms. The highest BCUT2D eigenvalue weighted by atomic mass is 32.1. The van der Waals surface area contributed by atoms with E-state index in [4.69, 9.17) is 11.3 Å². The molecule has 3 aliphatic heterocycles. The smallest absolute Gasteiger partial charge is 0.333 e. The van der Waals surface area contributed by atoms with Gasteiger partial charge < -0.3 is 14.1 Å². The van der Waals surface area contributed by atoms with Gasteiger partial charge in [0.25, 0.3) is 0 Å². The fraction of sp³-hybridized carbons (Fsp3) is 0.228. The predicted molar refractivity (Wildman–Crippen MR) is 266 cm³/mol. The van der Waals surface area contributed by atoms with Crippen LogP contribution in [0.3, 0.4) is 0 Å². The lowest BCUT2D eigenvalue weighted by molar-refractivity contribution is 0.283. The maximum atomic E-state index is 6.95.